The third-order valence-electron chi connectivity index (χ3n) is 4.30. The fourth-order valence-electron chi connectivity index (χ4n) is 2.97. The van der Waals surface area contributed by atoms with Crippen LogP contribution in [-0.2, 0) is 4.79 Å². The number of hydrogen-bond donors (Lipinski definition) is 1. The van der Waals surface area contributed by atoms with Gasteiger partial charge in [-0.15, -0.1) is 0 Å². The molecule has 1 aliphatic rings. The van der Waals surface area contributed by atoms with Crippen molar-refractivity contribution in [2.45, 2.75) is 65.5 Å². The van der Waals surface area contributed by atoms with E-state index in [4.69, 9.17) is 0 Å². The molecule has 0 bridgehead atoms. The van der Waals surface area contributed by atoms with Crippen molar-refractivity contribution in [3.05, 3.63) is 0 Å². The van der Waals surface area contributed by atoms with E-state index >= 15 is 0 Å². The molecular formula is C16H33N3O. The van der Waals surface area contributed by atoms with Gasteiger partial charge in [-0.2, -0.15) is 0 Å². The lowest BCUT2D eigenvalue weighted by molar-refractivity contribution is -0.135. The number of carbonyl (C=O) groups excluding carboxylic acids is 1. The van der Waals surface area contributed by atoms with Crippen molar-refractivity contribution in [1.29, 1.82) is 0 Å². The molecule has 0 spiro atoms. The normalized spacial score (nSPS) is 23.4. The standard InChI is InChI=1S/C16H33N3O/c1-5-10-18(11-6-2)12-7-8-16(20)19-13-9-17-14(3)15(19)4/h14-15,17H,5-13H2,1-4H3. The highest BCUT2D eigenvalue weighted by Crippen LogP contribution is 2.11. The first-order valence-electron chi connectivity index (χ1n) is 8.35. The van der Waals surface area contributed by atoms with Crippen LogP contribution in [0.5, 0.6) is 0 Å². The lowest BCUT2D eigenvalue weighted by Crippen LogP contribution is -2.57. The second kappa shape index (κ2) is 9.35. The molecule has 1 fully saturated rings. The summed E-state index contributed by atoms with van der Waals surface area (Å²) in [7, 11) is 0. The largest absolute Gasteiger partial charge is 0.337 e. The Morgan fingerprint density at radius 2 is 1.85 bits per heavy atom. The van der Waals surface area contributed by atoms with Crippen molar-refractivity contribution in [2.24, 2.45) is 0 Å². The molecule has 0 aliphatic carbocycles. The molecule has 0 radical (unpaired) electrons. The summed E-state index contributed by atoms with van der Waals surface area (Å²) in [4.78, 5) is 16.9. The van der Waals surface area contributed by atoms with Crippen LogP contribution in [0.3, 0.4) is 0 Å². The molecule has 2 atom stereocenters. The van der Waals surface area contributed by atoms with Crippen LogP contribution < -0.4 is 5.32 Å². The van der Waals surface area contributed by atoms with Gasteiger partial charge in [-0.05, 0) is 52.7 Å². The van der Waals surface area contributed by atoms with E-state index in [0.29, 0.717) is 24.4 Å². The Labute approximate surface area is 124 Å². The quantitative estimate of drug-likeness (QED) is 0.741. The molecule has 0 saturated carbocycles. The summed E-state index contributed by atoms with van der Waals surface area (Å²) in [6.07, 6.45) is 4.07. The minimum absolute atomic E-state index is 0.318. The second-order valence-corrected chi connectivity index (χ2v) is 6.02. The Kier molecular flexibility index (Phi) is 8.15. The Morgan fingerprint density at radius 1 is 1.20 bits per heavy atom. The van der Waals surface area contributed by atoms with Crippen molar-refractivity contribution < 1.29 is 4.79 Å². The van der Waals surface area contributed by atoms with Gasteiger partial charge >= 0.3 is 0 Å². The fraction of sp³-hybridized carbons (Fsp3) is 0.938. The predicted molar refractivity (Wildman–Crippen MR) is 84.9 cm³/mol. The van der Waals surface area contributed by atoms with Crippen molar-refractivity contribution in [1.82, 2.24) is 15.1 Å². The molecule has 0 aromatic rings. The van der Waals surface area contributed by atoms with Gasteiger partial charge < -0.3 is 15.1 Å². The van der Waals surface area contributed by atoms with E-state index in [1.807, 2.05) is 0 Å². The Bertz CT molecular complexity index is 277. The molecule has 0 aromatic heterocycles. The number of nitrogens with zero attached hydrogens (tertiary/aromatic N) is 2. The fourth-order valence-corrected chi connectivity index (χ4v) is 2.97. The van der Waals surface area contributed by atoms with Gasteiger partial charge in [0.05, 0.1) is 0 Å². The maximum absolute atomic E-state index is 12.3. The van der Waals surface area contributed by atoms with Crippen LogP contribution in [0.4, 0.5) is 0 Å². The zero-order valence-electron chi connectivity index (χ0n) is 13.8. The summed E-state index contributed by atoms with van der Waals surface area (Å²) in [6, 6.07) is 0.725. The molecule has 0 aromatic carbocycles. The van der Waals surface area contributed by atoms with Gasteiger partial charge in [0, 0.05) is 31.6 Å². The third kappa shape index (κ3) is 5.41. The number of amides is 1. The van der Waals surface area contributed by atoms with Crippen molar-refractivity contribution >= 4 is 5.91 Å². The molecule has 4 heteroatoms. The summed E-state index contributed by atoms with van der Waals surface area (Å²) in [5.41, 5.74) is 0. The van der Waals surface area contributed by atoms with Gasteiger partial charge in [0.2, 0.25) is 5.91 Å². The molecule has 1 aliphatic heterocycles. The predicted octanol–water partition coefficient (Wildman–Crippen LogP) is 2.10. The molecular weight excluding hydrogens is 250 g/mol. The number of carbonyl (C=O) groups is 1. The maximum Gasteiger partial charge on any atom is 0.222 e. The molecule has 1 rings (SSSR count). The van der Waals surface area contributed by atoms with Crippen LogP contribution in [0, 0.1) is 0 Å². The first-order valence-corrected chi connectivity index (χ1v) is 8.35. The van der Waals surface area contributed by atoms with E-state index in [2.05, 4.69) is 42.8 Å². The Balaban J connectivity index is 2.31. The molecule has 1 N–H and O–H groups in total. The lowest BCUT2D eigenvalue weighted by Gasteiger charge is -2.38. The molecule has 2 unspecified atom stereocenters. The van der Waals surface area contributed by atoms with Crippen LogP contribution in [0.15, 0.2) is 0 Å². The zero-order chi connectivity index (χ0) is 15.0. The number of hydrogen-bond acceptors (Lipinski definition) is 3. The summed E-state index contributed by atoms with van der Waals surface area (Å²) >= 11 is 0. The Hall–Kier alpha value is -0.610. The minimum atomic E-state index is 0.318. The summed E-state index contributed by atoms with van der Waals surface area (Å²) < 4.78 is 0. The highest BCUT2D eigenvalue weighted by molar-refractivity contribution is 5.76. The van der Waals surface area contributed by atoms with E-state index in [1.165, 1.54) is 12.8 Å². The van der Waals surface area contributed by atoms with Crippen LogP contribution in [-0.4, -0.2) is 60.5 Å². The number of rotatable bonds is 8. The van der Waals surface area contributed by atoms with Gasteiger partial charge in [-0.25, -0.2) is 0 Å². The van der Waals surface area contributed by atoms with E-state index < -0.39 is 0 Å². The molecule has 1 amide bonds. The Morgan fingerprint density at radius 3 is 2.45 bits per heavy atom. The first-order chi connectivity index (χ1) is 9.60. The highest BCUT2D eigenvalue weighted by Gasteiger charge is 2.27. The molecule has 4 nitrogen and oxygen atoms in total. The van der Waals surface area contributed by atoms with Gasteiger partial charge in [0.25, 0.3) is 0 Å². The zero-order valence-corrected chi connectivity index (χ0v) is 13.8. The van der Waals surface area contributed by atoms with E-state index in [-0.39, 0.29) is 0 Å². The van der Waals surface area contributed by atoms with Crippen molar-refractivity contribution in [3.63, 3.8) is 0 Å². The van der Waals surface area contributed by atoms with Crippen molar-refractivity contribution in [2.75, 3.05) is 32.7 Å². The monoisotopic (exact) mass is 283 g/mol. The molecule has 118 valence electrons. The topological polar surface area (TPSA) is 35.6 Å². The average molecular weight is 283 g/mol. The summed E-state index contributed by atoms with van der Waals surface area (Å²) in [5, 5.41) is 3.42. The van der Waals surface area contributed by atoms with Crippen LogP contribution in [0.2, 0.25) is 0 Å². The summed E-state index contributed by atoms with van der Waals surface area (Å²) in [6.45, 7) is 13.9. The smallest absolute Gasteiger partial charge is 0.222 e. The first kappa shape index (κ1) is 17.4. The van der Waals surface area contributed by atoms with E-state index in [1.54, 1.807) is 0 Å². The second-order valence-electron chi connectivity index (χ2n) is 6.02. The third-order valence-corrected chi connectivity index (χ3v) is 4.30. The number of nitrogens with one attached hydrogen (secondary N) is 1. The summed E-state index contributed by atoms with van der Waals surface area (Å²) in [5.74, 6) is 0.332. The molecule has 20 heavy (non-hydrogen) atoms. The maximum atomic E-state index is 12.3. The van der Waals surface area contributed by atoms with Gasteiger partial charge in [-0.1, -0.05) is 13.8 Å². The molecule has 1 saturated heterocycles. The van der Waals surface area contributed by atoms with Crippen molar-refractivity contribution in [3.8, 4) is 0 Å². The highest BCUT2D eigenvalue weighted by atomic mass is 16.2. The van der Waals surface area contributed by atoms with Gasteiger partial charge in [-0.3, -0.25) is 4.79 Å². The SMILES string of the molecule is CCCN(CCC)CCCC(=O)N1CCNC(C)C1C. The molecule has 1 heterocycles. The average Bonchev–Trinajstić information content (AvgIpc) is 2.42. The minimum Gasteiger partial charge on any atom is -0.337 e. The van der Waals surface area contributed by atoms with Crippen LogP contribution in [0.1, 0.15) is 53.4 Å². The van der Waals surface area contributed by atoms with E-state index in [0.717, 1.165) is 39.1 Å². The number of piperazine rings is 1. The van der Waals surface area contributed by atoms with Crippen LogP contribution in [0.25, 0.3) is 0 Å². The lowest BCUT2D eigenvalue weighted by atomic mass is 10.1. The van der Waals surface area contributed by atoms with Gasteiger partial charge in [0.1, 0.15) is 0 Å². The van der Waals surface area contributed by atoms with Gasteiger partial charge in [0.15, 0.2) is 0 Å². The van der Waals surface area contributed by atoms with E-state index in [9.17, 15) is 4.79 Å². The van der Waals surface area contributed by atoms with Crippen LogP contribution >= 0.6 is 0 Å².